The summed E-state index contributed by atoms with van der Waals surface area (Å²) in [7, 11) is -1.74. The zero-order valence-corrected chi connectivity index (χ0v) is 22.3. The molecule has 1 heterocycles. The second-order valence-electron chi connectivity index (χ2n) is 10.5. The van der Waals surface area contributed by atoms with Crippen LogP contribution in [-0.4, -0.2) is 57.0 Å². The fourth-order valence-corrected chi connectivity index (χ4v) is 6.09. The number of anilines is 1. The number of imide groups is 1. The van der Waals surface area contributed by atoms with Crippen molar-refractivity contribution >= 4 is 36.2 Å². The van der Waals surface area contributed by atoms with Gasteiger partial charge in [0.1, 0.15) is 5.75 Å². The van der Waals surface area contributed by atoms with Gasteiger partial charge >= 0.3 is 7.12 Å². The van der Waals surface area contributed by atoms with Crippen molar-refractivity contribution in [1.82, 2.24) is 0 Å². The summed E-state index contributed by atoms with van der Waals surface area (Å²) < 4.78 is 0. The van der Waals surface area contributed by atoms with Gasteiger partial charge in [-0.25, -0.2) is 0 Å². The summed E-state index contributed by atoms with van der Waals surface area (Å²) in [4.78, 5) is 28.1. The molecule has 0 unspecified atom stereocenters. The number of hydrogen-bond donors (Lipinski definition) is 5. The maximum Gasteiger partial charge on any atom is 0.488 e. The number of aliphatic hydroxyl groups excluding tert-OH is 2. The molecular formula is C30H36BNO7. The molecule has 1 aliphatic heterocycles. The Morgan fingerprint density at radius 3 is 2.51 bits per heavy atom. The van der Waals surface area contributed by atoms with Crippen molar-refractivity contribution in [2.45, 2.75) is 52.1 Å². The number of phenols is 1. The fraction of sp³-hybridized carbons (Fsp3) is 0.400. The molecule has 0 spiro atoms. The van der Waals surface area contributed by atoms with E-state index in [9.17, 15) is 35.0 Å². The molecule has 0 saturated carbocycles. The van der Waals surface area contributed by atoms with Gasteiger partial charge in [0.25, 0.3) is 0 Å². The molecule has 1 saturated heterocycles. The minimum Gasteiger partial charge on any atom is -0.507 e. The number of carbonyl (C=O) groups excluding carboxylic acids is 2. The molecule has 5 N–H and O–H groups in total. The van der Waals surface area contributed by atoms with Gasteiger partial charge in [-0.1, -0.05) is 60.9 Å². The van der Waals surface area contributed by atoms with Gasteiger partial charge in [0.05, 0.1) is 30.2 Å². The molecule has 2 aromatic carbocycles. The molecule has 8 nitrogen and oxygen atoms in total. The summed E-state index contributed by atoms with van der Waals surface area (Å²) in [5.41, 5.74) is 3.61. The Morgan fingerprint density at radius 1 is 1.10 bits per heavy atom. The van der Waals surface area contributed by atoms with Gasteiger partial charge in [0.15, 0.2) is 0 Å². The van der Waals surface area contributed by atoms with Crippen LogP contribution in [0.4, 0.5) is 5.69 Å². The summed E-state index contributed by atoms with van der Waals surface area (Å²) in [6.45, 7) is 3.52. The van der Waals surface area contributed by atoms with Crippen LogP contribution in [-0.2, 0) is 9.59 Å². The highest BCUT2D eigenvalue weighted by Gasteiger charge is 2.54. The zero-order valence-electron chi connectivity index (χ0n) is 22.3. The number of allylic oxidation sites excluding steroid dienone is 2. The number of hydrogen-bond acceptors (Lipinski definition) is 7. The predicted octanol–water partition coefficient (Wildman–Crippen LogP) is 2.53. The molecule has 2 aromatic rings. The van der Waals surface area contributed by atoms with Crippen molar-refractivity contribution in [3.05, 3.63) is 70.8 Å². The SMILES string of the molecule is CCC/C(=C\c1ccccc1O)CC[C@@H](O)C1=C(C)C[C@H]2C(=O)N(c3cccc(B(O)O)c3)C(=O)[C@H]2[C@H]1CO. The van der Waals surface area contributed by atoms with Crippen molar-refractivity contribution in [2.75, 3.05) is 11.5 Å². The van der Waals surface area contributed by atoms with Crippen LogP contribution in [0.15, 0.2) is 65.3 Å². The molecule has 0 aromatic heterocycles. The summed E-state index contributed by atoms with van der Waals surface area (Å²) in [6, 6.07) is 13.1. The van der Waals surface area contributed by atoms with Crippen molar-refractivity contribution in [3.63, 3.8) is 0 Å². The lowest BCUT2D eigenvalue weighted by Crippen LogP contribution is -2.39. The van der Waals surface area contributed by atoms with Crippen LogP contribution in [0, 0.1) is 17.8 Å². The lowest BCUT2D eigenvalue weighted by atomic mass is 9.68. The Morgan fingerprint density at radius 2 is 1.85 bits per heavy atom. The van der Waals surface area contributed by atoms with E-state index in [0.717, 1.165) is 28.9 Å². The third-order valence-electron chi connectivity index (χ3n) is 7.92. The van der Waals surface area contributed by atoms with Crippen molar-refractivity contribution in [2.24, 2.45) is 17.8 Å². The molecule has 0 bridgehead atoms. The molecule has 9 heteroatoms. The summed E-state index contributed by atoms with van der Waals surface area (Å²) in [6.07, 6.45) is 3.99. The molecule has 206 valence electrons. The Bertz CT molecular complexity index is 1290. The molecule has 39 heavy (non-hydrogen) atoms. The van der Waals surface area contributed by atoms with Crippen LogP contribution in [0.1, 0.15) is 51.5 Å². The Kier molecular flexibility index (Phi) is 9.07. The Labute approximate surface area is 229 Å². The van der Waals surface area contributed by atoms with Crippen LogP contribution in [0.5, 0.6) is 5.75 Å². The summed E-state index contributed by atoms with van der Waals surface area (Å²) in [5, 5.41) is 51.0. The predicted molar refractivity (Wildman–Crippen MR) is 150 cm³/mol. The van der Waals surface area contributed by atoms with Crippen LogP contribution < -0.4 is 10.4 Å². The van der Waals surface area contributed by atoms with Crippen molar-refractivity contribution in [1.29, 1.82) is 0 Å². The third-order valence-corrected chi connectivity index (χ3v) is 7.92. The van der Waals surface area contributed by atoms with E-state index >= 15 is 0 Å². The largest absolute Gasteiger partial charge is 0.507 e. The smallest absolute Gasteiger partial charge is 0.488 e. The first kappa shape index (κ1) is 28.8. The maximum absolute atomic E-state index is 13.6. The minimum atomic E-state index is -1.74. The zero-order chi connectivity index (χ0) is 28.3. The number of phenolic OH excluding ortho intramolecular Hbond substituents is 1. The van der Waals surface area contributed by atoms with Crippen molar-refractivity contribution < 1.29 is 35.0 Å². The van der Waals surface area contributed by atoms with Gasteiger partial charge < -0.3 is 25.4 Å². The molecule has 2 amide bonds. The first-order valence-corrected chi connectivity index (χ1v) is 13.5. The first-order chi connectivity index (χ1) is 18.7. The van der Waals surface area contributed by atoms with E-state index in [2.05, 4.69) is 6.92 Å². The number of amides is 2. The number of fused-ring (bicyclic) bond motifs is 1. The number of aliphatic hydroxyl groups is 2. The topological polar surface area (TPSA) is 139 Å². The van der Waals surface area contributed by atoms with Gasteiger partial charge in [-0.3, -0.25) is 14.5 Å². The summed E-state index contributed by atoms with van der Waals surface area (Å²) >= 11 is 0. The summed E-state index contributed by atoms with van der Waals surface area (Å²) in [5.74, 6) is -2.84. The lowest BCUT2D eigenvalue weighted by Gasteiger charge is -2.35. The molecule has 1 fully saturated rings. The lowest BCUT2D eigenvalue weighted by molar-refractivity contribution is -0.123. The van der Waals surface area contributed by atoms with Crippen LogP contribution in [0.3, 0.4) is 0 Å². The standard InChI is InChI=1S/C30H36BNO7/c1-3-7-19(15-20-8-4-5-11-25(20)34)12-13-26(35)27-18(2)14-23-28(24(27)17-33)30(37)32(29(23)36)22-10-6-9-21(16-22)31(38)39/h4-6,8-11,15-16,23-24,26,28,33-35,38-39H,3,7,12-14,17H2,1-2H3/b19-15+/t23-,24+,26-,28-/m1/s1. The molecular weight excluding hydrogens is 497 g/mol. The van der Waals surface area contributed by atoms with E-state index in [1.165, 1.54) is 12.1 Å². The van der Waals surface area contributed by atoms with Crippen molar-refractivity contribution in [3.8, 4) is 5.75 Å². The number of rotatable bonds is 10. The third kappa shape index (κ3) is 5.87. The highest BCUT2D eigenvalue weighted by Crippen LogP contribution is 2.47. The molecule has 2 aliphatic rings. The normalized spacial score (nSPS) is 22.4. The molecule has 4 atom stereocenters. The Balaban J connectivity index is 1.56. The maximum atomic E-state index is 13.6. The van der Waals surface area contributed by atoms with Gasteiger partial charge in [0.2, 0.25) is 11.8 Å². The van der Waals surface area contributed by atoms with Crippen LogP contribution in [0.25, 0.3) is 6.08 Å². The number of nitrogens with zero attached hydrogens (tertiary/aromatic N) is 1. The molecule has 0 radical (unpaired) electrons. The second kappa shape index (κ2) is 12.3. The quantitative estimate of drug-likeness (QED) is 0.180. The molecule has 1 aliphatic carbocycles. The van der Waals surface area contributed by atoms with Crippen LogP contribution in [0.2, 0.25) is 0 Å². The van der Waals surface area contributed by atoms with Gasteiger partial charge in [-0.2, -0.15) is 0 Å². The highest BCUT2D eigenvalue weighted by molar-refractivity contribution is 6.58. The monoisotopic (exact) mass is 533 g/mol. The Hall–Kier alpha value is -3.24. The number of benzene rings is 2. The van der Waals surface area contributed by atoms with E-state index < -0.39 is 42.8 Å². The van der Waals surface area contributed by atoms with Gasteiger partial charge in [0, 0.05) is 11.5 Å². The van der Waals surface area contributed by atoms with E-state index in [4.69, 9.17) is 0 Å². The van der Waals surface area contributed by atoms with E-state index in [1.54, 1.807) is 24.3 Å². The average molecular weight is 533 g/mol. The first-order valence-electron chi connectivity index (χ1n) is 13.5. The van der Waals surface area contributed by atoms with E-state index in [-0.39, 0.29) is 23.5 Å². The molecule has 4 rings (SSSR count). The minimum absolute atomic E-state index is 0.159. The van der Waals surface area contributed by atoms with Crippen LogP contribution >= 0.6 is 0 Å². The van der Waals surface area contributed by atoms with Gasteiger partial charge in [-0.05, 0) is 61.8 Å². The number of carbonyl (C=O) groups is 2. The number of aromatic hydroxyl groups is 1. The average Bonchev–Trinajstić information content (AvgIpc) is 3.16. The van der Waals surface area contributed by atoms with E-state index in [1.807, 2.05) is 25.1 Å². The van der Waals surface area contributed by atoms with Gasteiger partial charge in [-0.15, -0.1) is 0 Å². The number of para-hydroxylation sites is 1. The fourth-order valence-electron chi connectivity index (χ4n) is 6.09. The highest BCUT2D eigenvalue weighted by atomic mass is 16.4. The second-order valence-corrected chi connectivity index (χ2v) is 10.5. The van der Waals surface area contributed by atoms with E-state index in [0.29, 0.717) is 30.4 Å².